The Morgan fingerprint density at radius 1 is 0.846 bits per heavy atom. The van der Waals surface area contributed by atoms with Crippen LogP contribution in [0.25, 0.3) is 16.9 Å². The maximum atomic E-state index is 13.0. The lowest BCUT2D eigenvalue weighted by atomic mass is 10.1. The Balaban J connectivity index is 1.31. The van der Waals surface area contributed by atoms with E-state index in [1.165, 1.54) is 21.3 Å². The van der Waals surface area contributed by atoms with Crippen LogP contribution in [0.1, 0.15) is 10.4 Å². The van der Waals surface area contributed by atoms with Gasteiger partial charge in [0.05, 0.1) is 33.4 Å². The van der Waals surface area contributed by atoms with Crippen LogP contribution in [0.15, 0.2) is 91.6 Å². The number of rotatable bonds is 9. The zero-order chi connectivity index (χ0) is 27.2. The molecule has 1 amide bonds. The molecule has 3 aromatic carbocycles. The Bertz CT molecular complexity index is 1560. The summed E-state index contributed by atoms with van der Waals surface area (Å²) in [4.78, 5) is 26.1. The number of methoxy groups -OCH3 is 3. The Morgan fingerprint density at radius 2 is 1.59 bits per heavy atom. The zero-order valence-corrected chi connectivity index (χ0v) is 21.6. The maximum absolute atomic E-state index is 13.0. The summed E-state index contributed by atoms with van der Waals surface area (Å²) in [5.41, 5.74) is 4.40. The van der Waals surface area contributed by atoms with Gasteiger partial charge < -0.3 is 29.4 Å². The van der Waals surface area contributed by atoms with Crippen LogP contribution in [0.3, 0.4) is 0 Å². The molecule has 0 aliphatic heterocycles. The highest BCUT2D eigenvalue weighted by molar-refractivity contribution is 6.05. The summed E-state index contributed by atoms with van der Waals surface area (Å²) in [7, 11) is 4.51. The molecule has 2 N–H and O–H groups in total. The molecule has 2 heterocycles. The van der Waals surface area contributed by atoms with Crippen LogP contribution in [0.2, 0.25) is 0 Å². The van der Waals surface area contributed by atoms with E-state index in [0.717, 1.165) is 16.9 Å². The van der Waals surface area contributed by atoms with Gasteiger partial charge in [0.2, 0.25) is 11.7 Å². The van der Waals surface area contributed by atoms with E-state index in [-0.39, 0.29) is 5.91 Å². The van der Waals surface area contributed by atoms with Crippen molar-refractivity contribution in [3.8, 4) is 34.2 Å². The summed E-state index contributed by atoms with van der Waals surface area (Å²) in [6.45, 7) is 0. The van der Waals surface area contributed by atoms with E-state index in [1.807, 2.05) is 53.2 Å². The second-order valence-electron chi connectivity index (χ2n) is 8.36. The predicted octanol–water partition coefficient (Wildman–Crippen LogP) is 5.35. The molecule has 0 fully saturated rings. The molecular weight excluding hydrogens is 496 g/mol. The highest BCUT2D eigenvalue weighted by atomic mass is 16.5. The van der Waals surface area contributed by atoms with Crippen LogP contribution >= 0.6 is 0 Å². The number of hydrogen-bond donors (Lipinski definition) is 2. The molecule has 0 aliphatic rings. The molecule has 0 saturated heterocycles. The molecular formula is C29H26N6O4. The lowest BCUT2D eigenvalue weighted by Gasteiger charge is -2.14. The third-order valence-electron chi connectivity index (χ3n) is 5.92. The third kappa shape index (κ3) is 5.64. The van der Waals surface area contributed by atoms with Crippen LogP contribution in [-0.2, 0) is 0 Å². The van der Waals surface area contributed by atoms with E-state index >= 15 is 0 Å². The van der Waals surface area contributed by atoms with Gasteiger partial charge in [-0.2, -0.15) is 0 Å². The normalized spacial score (nSPS) is 10.5. The second kappa shape index (κ2) is 11.3. The third-order valence-corrected chi connectivity index (χ3v) is 5.92. The van der Waals surface area contributed by atoms with Gasteiger partial charge in [0.15, 0.2) is 11.5 Å². The highest BCUT2D eigenvalue weighted by Gasteiger charge is 2.17. The molecule has 5 aromatic rings. The monoisotopic (exact) mass is 522 g/mol. The van der Waals surface area contributed by atoms with Crippen LogP contribution in [-0.4, -0.2) is 46.8 Å². The van der Waals surface area contributed by atoms with E-state index in [9.17, 15) is 4.79 Å². The molecule has 10 nitrogen and oxygen atoms in total. The van der Waals surface area contributed by atoms with Gasteiger partial charge in [-0.3, -0.25) is 4.79 Å². The number of anilines is 3. The summed E-state index contributed by atoms with van der Waals surface area (Å²) in [5.74, 6) is 1.30. The minimum absolute atomic E-state index is 0.330. The lowest BCUT2D eigenvalue weighted by molar-refractivity contribution is 0.102. The Kier molecular flexibility index (Phi) is 7.35. The molecule has 0 radical (unpaired) electrons. The number of carbonyl (C=O) groups is 1. The number of nitrogens with zero attached hydrogens (tertiary/aromatic N) is 4. The number of benzene rings is 3. The van der Waals surface area contributed by atoms with Crippen molar-refractivity contribution in [3.63, 3.8) is 0 Å². The van der Waals surface area contributed by atoms with Crippen molar-refractivity contribution in [2.24, 2.45) is 0 Å². The summed E-state index contributed by atoms with van der Waals surface area (Å²) >= 11 is 0. The SMILES string of the molecule is COc1cc(C(=O)Nc2cccc(Nc3nccc(-c4ccc(-n5ccnc5)cc4)n3)c2)cc(OC)c1OC. The van der Waals surface area contributed by atoms with Crippen molar-refractivity contribution in [2.75, 3.05) is 32.0 Å². The smallest absolute Gasteiger partial charge is 0.255 e. The van der Waals surface area contributed by atoms with Crippen molar-refractivity contribution in [1.82, 2.24) is 19.5 Å². The predicted molar refractivity (Wildman–Crippen MR) is 148 cm³/mol. The lowest BCUT2D eigenvalue weighted by Crippen LogP contribution is -2.12. The molecule has 0 saturated carbocycles. The number of carbonyl (C=O) groups excluding carboxylic acids is 1. The van der Waals surface area contributed by atoms with Gasteiger partial charge in [-0.25, -0.2) is 15.0 Å². The van der Waals surface area contributed by atoms with Crippen LogP contribution < -0.4 is 24.8 Å². The van der Waals surface area contributed by atoms with Crippen molar-refractivity contribution in [3.05, 3.63) is 97.2 Å². The first kappa shape index (κ1) is 25.3. The van der Waals surface area contributed by atoms with E-state index in [4.69, 9.17) is 14.2 Å². The largest absolute Gasteiger partial charge is 0.493 e. The van der Waals surface area contributed by atoms with Crippen molar-refractivity contribution >= 4 is 23.2 Å². The summed E-state index contributed by atoms with van der Waals surface area (Å²) in [6, 6.07) is 20.3. The summed E-state index contributed by atoms with van der Waals surface area (Å²) < 4.78 is 18.0. The second-order valence-corrected chi connectivity index (χ2v) is 8.36. The molecule has 39 heavy (non-hydrogen) atoms. The van der Waals surface area contributed by atoms with Gasteiger partial charge in [-0.05, 0) is 48.5 Å². The molecule has 0 bridgehead atoms. The molecule has 0 unspecified atom stereocenters. The highest BCUT2D eigenvalue weighted by Crippen LogP contribution is 2.38. The van der Waals surface area contributed by atoms with Crippen molar-refractivity contribution < 1.29 is 19.0 Å². The van der Waals surface area contributed by atoms with Crippen LogP contribution in [0.4, 0.5) is 17.3 Å². The first-order valence-electron chi connectivity index (χ1n) is 12.0. The van der Waals surface area contributed by atoms with E-state index in [1.54, 1.807) is 43.0 Å². The van der Waals surface area contributed by atoms with Crippen LogP contribution in [0.5, 0.6) is 17.2 Å². The molecule has 0 atom stereocenters. The Morgan fingerprint density at radius 3 is 2.26 bits per heavy atom. The van der Waals surface area contributed by atoms with Gasteiger partial charge in [0.1, 0.15) is 0 Å². The van der Waals surface area contributed by atoms with Gasteiger partial charge >= 0.3 is 0 Å². The quantitative estimate of drug-likeness (QED) is 0.266. The molecule has 0 aliphatic carbocycles. The standard InChI is InChI=1S/C29H26N6O4/c1-37-25-15-20(16-26(38-2)27(25)39-3)28(36)32-21-5-4-6-22(17-21)33-29-31-12-11-24(34-29)19-7-9-23(10-8-19)35-14-13-30-18-35/h4-18H,1-3H3,(H,32,36)(H,31,33,34). The maximum Gasteiger partial charge on any atom is 0.255 e. The van der Waals surface area contributed by atoms with Crippen molar-refractivity contribution in [1.29, 1.82) is 0 Å². The van der Waals surface area contributed by atoms with Gasteiger partial charge in [-0.15, -0.1) is 0 Å². The first-order valence-corrected chi connectivity index (χ1v) is 12.0. The average molecular weight is 523 g/mol. The van der Waals surface area contributed by atoms with Gasteiger partial charge in [-0.1, -0.05) is 18.2 Å². The van der Waals surface area contributed by atoms with Gasteiger partial charge in [0.25, 0.3) is 5.91 Å². The summed E-state index contributed by atoms with van der Waals surface area (Å²) in [5, 5.41) is 6.11. The Labute approximate surface area is 225 Å². The minimum Gasteiger partial charge on any atom is -0.493 e. The molecule has 0 spiro atoms. The van der Waals surface area contributed by atoms with E-state index in [0.29, 0.717) is 40.1 Å². The van der Waals surface area contributed by atoms with Crippen LogP contribution in [0, 0.1) is 0 Å². The van der Waals surface area contributed by atoms with Crippen molar-refractivity contribution in [2.45, 2.75) is 0 Å². The fourth-order valence-electron chi connectivity index (χ4n) is 4.02. The zero-order valence-electron chi connectivity index (χ0n) is 21.6. The van der Waals surface area contributed by atoms with E-state index in [2.05, 4.69) is 25.6 Å². The first-order chi connectivity index (χ1) is 19.1. The Hall–Kier alpha value is -5.38. The topological polar surface area (TPSA) is 112 Å². The number of amides is 1. The fourth-order valence-corrected chi connectivity index (χ4v) is 4.02. The molecule has 10 heteroatoms. The molecule has 196 valence electrons. The number of hydrogen-bond acceptors (Lipinski definition) is 8. The fraction of sp³-hybridized carbons (Fsp3) is 0.103. The summed E-state index contributed by atoms with van der Waals surface area (Å²) in [6.07, 6.45) is 7.08. The molecule has 2 aromatic heterocycles. The van der Waals surface area contributed by atoms with E-state index < -0.39 is 0 Å². The average Bonchev–Trinajstić information content (AvgIpc) is 3.52. The number of nitrogens with one attached hydrogen (secondary N) is 2. The number of ether oxygens (including phenoxy) is 3. The minimum atomic E-state index is -0.330. The number of imidazole rings is 1. The van der Waals surface area contributed by atoms with Gasteiger partial charge in [0, 0.05) is 46.8 Å². The molecule has 5 rings (SSSR count). The number of aromatic nitrogens is 4.